The Morgan fingerprint density at radius 2 is 1.55 bits per heavy atom. The highest BCUT2D eigenvalue weighted by Crippen LogP contribution is 2.25. The Morgan fingerprint density at radius 1 is 1.00 bits per heavy atom. The number of nitrogens with zero attached hydrogens (tertiary/aromatic N) is 1. The van der Waals surface area contributed by atoms with Crippen molar-refractivity contribution >= 4 is 21.6 Å². The molecule has 2 aromatic rings. The van der Waals surface area contributed by atoms with Crippen LogP contribution in [-0.4, -0.2) is 33.7 Å². The van der Waals surface area contributed by atoms with Crippen molar-refractivity contribution in [2.45, 2.75) is 46.7 Å². The maximum Gasteiger partial charge on any atom is 0.244 e. The first-order valence-corrected chi connectivity index (χ1v) is 11.3. The zero-order chi connectivity index (χ0) is 21.9. The average molecular weight is 419 g/mol. The number of anilines is 1. The van der Waals surface area contributed by atoms with Crippen LogP contribution in [-0.2, 0) is 14.8 Å². The summed E-state index contributed by atoms with van der Waals surface area (Å²) in [7, 11) is -2.13. The molecule has 0 aliphatic rings. The number of rotatable bonds is 7. The number of hydrogen-bond donors (Lipinski definition) is 1. The molecule has 1 amide bonds. The Hall–Kier alpha value is -2.54. The van der Waals surface area contributed by atoms with Crippen LogP contribution in [0.3, 0.4) is 0 Å². The van der Waals surface area contributed by atoms with Crippen molar-refractivity contribution in [2.75, 3.05) is 17.7 Å². The number of amides is 1. The zero-order valence-electron chi connectivity index (χ0n) is 18.1. The molecule has 29 heavy (non-hydrogen) atoms. The summed E-state index contributed by atoms with van der Waals surface area (Å²) >= 11 is 0. The lowest BCUT2D eigenvalue weighted by atomic mass is 9.96. The van der Waals surface area contributed by atoms with Gasteiger partial charge in [-0.05, 0) is 81.1 Å². The molecule has 7 heteroatoms. The monoisotopic (exact) mass is 418 g/mol. The molecular weight excluding hydrogens is 388 g/mol. The molecule has 6 nitrogen and oxygen atoms in total. The summed E-state index contributed by atoms with van der Waals surface area (Å²) in [6.45, 7) is 9.58. The zero-order valence-corrected chi connectivity index (χ0v) is 18.9. The molecule has 0 heterocycles. The molecule has 0 radical (unpaired) electrons. The fraction of sp³-hybridized carbons (Fsp3) is 0.409. The van der Waals surface area contributed by atoms with E-state index in [1.807, 2.05) is 20.8 Å². The molecule has 2 aromatic carbocycles. The maximum absolute atomic E-state index is 12.9. The van der Waals surface area contributed by atoms with Gasteiger partial charge in [0.15, 0.2) is 0 Å². The van der Waals surface area contributed by atoms with Crippen molar-refractivity contribution < 1.29 is 17.9 Å². The number of hydrogen-bond acceptors (Lipinski definition) is 4. The van der Waals surface area contributed by atoms with Gasteiger partial charge in [-0.25, -0.2) is 8.42 Å². The van der Waals surface area contributed by atoms with Crippen LogP contribution < -0.4 is 14.4 Å². The number of aryl methyl sites for hydroxylation is 3. The lowest BCUT2D eigenvalue weighted by Crippen LogP contribution is -2.48. The van der Waals surface area contributed by atoms with Crippen LogP contribution in [0.15, 0.2) is 36.4 Å². The Balaban J connectivity index is 2.28. The van der Waals surface area contributed by atoms with Gasteiger partial charge in [0.05, 0.1) is 25.1 Å². The second-order valence-electron chi connectivity index (χ2n) is 7.46. The summed E-state index contributed by atoms with van der Waals surface area (Å²) < 4.78 is 31.1. The van der Waals surface area contributed by atoms with Gasteiger partial charge in [-0.15, -0.1) is 0 Å². The highest BCUT2D eigenvalue weighted by atomic mass is 32.2. The van der Waals surface area contributed by atoms with Gasteiger partial charge in [-0.1, -0.05) is 12.1 Å². The van der Waals surface area contributed by atoms with Gasteiger partial charge in [-0.2, -0.15) is 0 Å². The summed E-state index contributed by atoms with van der Waals surface area (Å²) in [6.07, 6.45) is 1.10. The number of benzene rings is 2. The van der Waals surface area contributed by atoms with Crippen LogP contribution in [0.1, 0.15) is 42.1 Å². The molecule has 0 fully saturated rings. The third-order valence-corrected chi connectivity index (χ3v) is 6.36. The second-order valence-corrected chi connectivity index (χ2v) is 9.32. The number of sulfonamides is 1. The fourth-order valence-electron chi connectivity index (χ4n) is 3.40. The molecule has 2 rings (SSSR count). The molecule has 0 saturated heterocycles. The van der Waals surface area contributed by atoms with Crippen molar-refractivity contribution in [2.24, 2.45) is 0 Å². The van der Waals surface area contributed by atoms with Gasteiger partial charge < -0.3 is 10.1 Å². The van der Waals surface area contributed by atoms with E-state index < -0.39 is 16.1 Å². The van der Waals surface area contributed by atoms with E-state index in [0.29, 0.717) is 11.4 Å². The maximum atomic E-state index is 12.9. The van der Waals surface area contributed by atoms with E-state index >= 15 is 0 Å². The molecule has 0 unspecified atom stereocenters. The second kappa shape index (κ2) is 8.86. The fourth-order valence-corrected chi connectivity index (χ4v) is 4.57. The molecule has 158 valence electrons. The lowest BCUT2D eigenvalue weighted by Gasteiger charge is -2.29. The van der Waals surface area contributed by atoms with E-state index in [1.165, 1.54) is 12.7 Å². The van der Waals surface area contributed by atoms with Crippen molar-refractivity contribution in [3.05, 3.63) is 58.7 Å². The summed E-state index contributed by atoms with van der Waals surface area (Å²) in [5.41, 5.74) is 4.86. The standard InChI is InChI=1S/C22H30N2O4S/c1-14-12-16(3)21(13-15(14)2)17(4)23-22(25)18(5)24(29(7,26)27)19-8-10-20(28-6)11-9-19/h8-13,17-18H,1-7H3,(H,23,25)/t17-,18-/m1/s1. The molecule has 0 aliphatic carbocycles. The van der Waals surface area contributed by atoms with Gasteiger partial charge in [-0.3, -0.25) is 9.10 Å². The Kier molecular flexibility index (Phi) is 6.95. The van der Waals surface area contributed by atoms with E-state index in [2.05, 4.69) is 24.4 Å². The summed E-state index contributed by atoms with van der Waals surface area (Å²) in [6, 6.07) is 9.59. The minimum atomic E-state index is -3.67. The summed E-state index contributed by atoms with van der Waals surface area (Å²) in [5.74, 6) is 0.245. The molecule has 0 spiro atoms. The smallest absolute Gasteiger partial charge is 0.244 e. The quantitative estimate of drug-likeness (QED) is 0.745. The van der Waals surface area contributed by atoms with Gasteiger partial charge >= 0.3 is 0 Å². The Morgan fingerprint density at radius 3 is 2.07 bits per heavy atom. The lowest BCUT2D eigenvalue weighted by molar-refractivity contribution is -0.122. The number of ether oxygens (including phenoxy) is 1. The van der Waals surface area contributed by atoms with Crippen LogP contribution in [0.5, 0.6) is 5.75 Å². The first kappa shape index (κ1) is 22.7. The molecule has 2 atom stereocenters. The molecule has 0 aromatic heterocycles. The molecule has 0 aliphatic heterocycles. The predicted octanol–water partition coefficient (Wildman–Crippen LogP) is 3.65. The van der Waals surface area contributed by atoms with Gasteiger partial charge in [0, 0.05) is 0 Å². The predicted molar refractivity (Wildman–Crippen MR) is 117 cm³/mol. The van der Waals surface area contributed by atoms with Gasteiger partial charge in [0.2, 0.25) is 15.9 Å². The van der Waals surface area contributed by atoms with Gasteiger partial charge in [0.25, 0.3) is 0 Å². The molecule has 0 bridgehead atoms. The highest BCUT2D eigenvalue weighted by molar-refractivity contribution is 7.92. The normalized spacial score (nSPS) is 13.5. The van der Waals surface area contributed by atoms with E-state index in [-0.39, 0.29) is 11.9 Å². The Labute approximate surface area is 173 Å². The molecule has 1 N–H and O–H groups in total. The van der Waals surface area contributed by atoms with Gasteiger partial charge in [0.1, 0.15) is 11.8 Å². The highest BCUT2D eigenvalue weighted by Gasteiger charge is 2.30. The number of carbonyl (C=O) groups is 1. The van der Waals surface area contributed by atoms with Crippen LogP contribution in [0.2, 0.25) is 0 Å². The van der Waals surface area contributed by atoms with Crippen molar-refractivity contribution in [3.63, 3.8) is 0 Å². The Bertz CT molecular complexity index is 985. The minimum Gasteiger partial charge on any atom is -0.497 e. The van der Waals surface area contributed by atoms with Crippen LogP contribution in [0.25, 0.3) is 0 Å². The first-order chi connectivity index (χ1) is 13.5. The first-order valence-electron chi connectivity index (χ1n) is 9.47. The number of nitrogens with one attached hydrogen (secondary N) is 1. The van der Waals surface area contributed by atoms with E-state index in [9.17, 15) is 13.2 Å². The summed E-state index contributed by atoms with van der Waals surface area (Å²) in [5, 5.41) is 2.96. The summed E-state index contributed by atoms with van der Waals surface area (Å²) in [4.78, 5) is 12.9. The topological polar surface area (TPSA) is 75.7 Å². The van der Waals surface area contributed by atoms with E-state index in [4.69, 9.17) is 4.74 Å². The van der Waals surface area contributed by atoms with Crippen molar-refractivity contribution in [1.29, 1.82) is 0 Å². The molecular formula is C22H30N2O4S. The third-order valence-electron chi connectivity index (χ3n) is 5.12. The van der Waals surface area contributed by atoms with Crippen LogP contribution in [0.4, 0.5) is 5.69 Å². The largest absolute Gasteiger partial charge is 0.497 e. The minimum absolute atomic E-state index is 0.249. The SMILES string of the molecule is COc1ccc(N([C@H](C)C(=O)N[C@H](C)c2cc(C)c(C)cc2C)S(C)(=O)=O)cc1. The average Bonchev–Trinajstić information content (AvgIpc) is 2.64. The third kappa shape index (κ3) is 5.29. The van der Waals surface area contributed by atoms with Crippen LogP contribution in [0, 0.1) is 20.8 Å². The van der Waals surface area contributed by atoms with E-state index in [1.54, 1.807) is 31.2 Å². The van der Waals surface area contributed by atoms with E-state index in [0.717, 1.165) is 27.3 Å². The number of methoxy groups -OCH3 is 1. The van der Waals surface area contributed by atoms with Crippen molar-refractivity contribution in [3.8, 4) is 5.75 Å². The van der Waals surface area contributed by atoms with Crippen LogP contribution >= 0.6 is 0 Å². The molecule has 0 saturated carbocycles. The number of carbonyl (C=O) groups excluding carboxylic acids is 1. The van der Waals surface area contributed by atoms with Crippen molar-refractivity contribution in [1.82, 2.24) is 5.32 Å².